The van der Waals surface area contributed by atoms with Gasteiger partial charge in [-0.2, -0.15) is 5.10 Å². The zero-order valence-electron chi connectivity index (χ0n) is 19.4. The van der Waals surface area contributed by atoms with E-state index in [1.165, 1.54) is 6.07 Å². The van der Waals surface area contributed by atoms with E-state index in [0.717, 1.165) is 18.4 Å². The predicted octanol–water partition coefficient (Wildman–Crippen LogP) is 1.83. The van der Waals surface area contributed by atoms with E-state index < -0.39 is 23.2 Å². The minimum atomic E-state index is -0.720. The molecule has 2 fully saturated rings. The molecule has 0 radical (unpaired) electrons. The van der Waals surface area contributed by atoms with E-state index in [9.17, 15) is 14.0 Å². The van der Waals surface area contributed by atoms with Gasteiger partial charge in [0.2, 0.25) is 0 Å². The third kappa shape index (κ3) is 3.77. The summed E-state index contributed by atoms with van der Waals surface area (Å²) in [5.41, 5.74) is 6.78. The van der Waals surface area contributed by atoms with Crippen molar-refractivity contribution in [2.24, 2.45) is 5.73 Å². The number of likely N-dealkylation sites (tertiary alicyclic amines) is 1. The number of benzene rings is 1. The van der Waals surface area contributed by atoms with E-state index in [1.807, 2.05) is 11.5 Å². The SMILES string of the molecule is C#CC(=O)N1CC[C@](C)(n2nc(C#Cc3cc4ncn(C5CC5)c4cc3F)c(C(N)=O)c2NC)C1. The van der Waals surface area contributed by atoms with Gasteiger partial charge < -0.3 is 20.5 Å². The highest BCUT2D eigenvalue weighted by Gasteiger charge is 2.41. The van der Waals surface area contributed by atoms with Crippen molar-refractivity contribution in [2.75, 3.05) is 25.5 Å². The highest BCUT2D eigenvalue weighted by Crippen LogP contribution is 2.37. The van der Waals surface area contributed by atoms with Crippen molar-refractivity contribution < 1.29 is 14.0 Å². The second kappa shape index (κ2) is 8.17. The largest absolute Gasteiger partial charge is 0.373 e. The first-order valence-electron chi connectivity index (χ1n) is 11.3. The van der Waals surface area contributed by atoms with Crippen molar-refractivity contribution in [2.45, 2.75) is 37.8 Å². The third-order valence-corrected chi connectivity index (χ3v) is 6.66. The van der Waals surface area contributed by atoms with Crippen molar-refractivity contribution >= 4 is 28.7 Å². The number of nitrogens with zero attached hydrogens (tertiary/aromatic N) is 5. The number of nitrogens with one attached hydrogen (secondary N) is 1. The molecule has 1 aromatic carbocycles. The summed E-state index contributed by atoms with van der Waals surface area (Å²) in [6.07, 6.45) is 9.69. The van der Waals surface area contributed by atoms with Crippen LogP contribution in [0.1, 0.15) is 53.8 Å². The van der Waals surface area contributed by atoms with Crippen molar-refractivity contribution in [1.82, 2.24) is 24.2 Å². The van der Waals surface area contributed by atoms with Gasteiger partial charge in [-0.25, -0.2) is 14.1 Å². The maximum Gasteiger partial charge on any atom is 0.298 e. The Morgan fingerprint density at radius 1 is 1.31 bits per heavy atom. The lowest BCUT2D eigenvalue weighted by Gasteiger charge is -2.26. The fourth-order valence-corrected chi connectivity index (χ4v) is 4.66. The van der Waals surface area contributed by atoms with Crippen LogP contribution in [-0.4, -0.2) is 56.2 Å². The smallest absolute Gasteiger partial charge is 0.298 e. The van der Waals surface area contributed by atoms with E-state index in [0.29, 0.717) is 36.9 Å². The highest BCUT2D eigenvalue weighted by atomic mass is 19.1. The van der Waals surface area contributed by atoms with E-state index >= 15 is 0 Å². The number of primary amides is 1. The summed E-state index contributed by atoms with van der Waals surface area (Å²) in [7, 11) is 1.64. The molecule has 5 rings (SSSR count). The Bertz CT molecular complexity index is 1480. The maximum absolute atomic E-state index is 14.9. The van der Waals surface area contributed by atoms with Gasteiger partial charge in [0.15, 0.2) is 5.69 Å². The molecule has 1 aliphatic heterocycles. The van der Waals surface area contributed by atoms with Crippen LogP contribution in [0, 0.1) is 30.0 Å². The van der Waals surface area contributed by atoms with Gasteiger partial charge >= 0.3 is 0 Å². The van der Waals surface area contributed by atoms with E-state index in [1.54, 1.807) is 29.0 Å². The van der Waals surface area contributed by atoms with Crippen LogP contribution < -0.4 is 11.1 Å². The number of anilines is 1. The summed E-state index contributed by atoms with van der Waals surface area (Å²) in [4.78, 5) is 30.3. The summed E-state index contributed by atoms with van der Waals surface area (Å²) in [6, 6.07) is 3.41. The van der Waals surface area contributed by atoms with Crippen molar-refractivity contribution in [3.05, 3.63) is 41.1 Å². The summed E-state index contributed by atoms with van der Waals surface area (Å²) < 4.78 is 18.5. The number of imidazole rings is 1. The number of aromatic nitrogens is 4. The first kappa shape index (κ1) is 22.5. The molecule has 1 aliphatic carbocycles. The number of carbonyl (C=O) groups is 2. The normalized spacial score (nSPS) is 19.3. The van der Waals surface area contributed by atoms with Crippen LogP contribution in [-0.2, 0) is 10.3 Å². The number of hydrogen-bond donors (Lipinski definition) is 2. The lowest BCUT2D eigenvalue weighted by Crippen LogP contribution is -2.37. The van der Waals surface area contributed by atoms with Gasteiger partial charge in [-0.1, -0.05) is 5.92 Å². The number of hydrogen-bond acceptors (Lipinski definition) is 5. The van der Waals surface area contributed by atoms with Gasteiger partial charge in [-0.05, 0) is 44.1 Å². The molecule has 2 aromatic heterocycles. The van der Waals surface area contributed by atoms with Gasteiger partial charge in [0.1, 0.15) is 17.2 Å². The molecule has 3 aromatic rings. The molecule has 0 bridgehead atoms. The standard InChI is InChI=1S/C25H24FN7O2/c1-4-21(34)31-10-9-25(2,13-31)33-24(28-3)22(23(27)35)18(30-33)8-5-15-11-19-20(12-17(15)26)32(14-29-19)16-6-7-16/h1,11-12,14,16,28H,6-7,9-10,13H2,2-3H3,(H2,27,35)/t25-/m0/s1. The van der Waals surface area contributed by atoms with Crippen molar-refractivity contribution in [3.63, 3.8) is 0 Å². The lowest BCUT2D eigenvalue weighted by molar-refractivity contribution is -0.124. The Morgan fingerprint density at radius 3 is 2.74 bits per heavy atom. The van der Waals surface area contributed by atoms with E-state index in [4.69, 9.17) is 12.2 Å². The topological polar surface area (TPSA) is 111 Å². The number of amides is 2. The number of fused-ring (bicyclic) bond motifs is 1. The molecule has 1 saturated heterocycles. The minimum absolute atomic E-state index is 0.0995. The zero-order chi connectivity index (χ0) is 24.9. The van der Waals surface area contributed by atoms with Crippen LogP contribution in [0.5, 0.6) is 0 Å². The monoisotopic (exact) mass is 473 g/mol. The molecule has 2 amide bonds. The zero-order valence-corrected chi connectivity index (χ0v) is 19.4. The third-order valence-electron chi connectivity index (χ3n) is 6.66. The second-order valence-electron chi connectivity index (χ2n) is 9.17. The molecule has 9 nitrogen and oxygen atoms in total. The van der Waals surface area contributed by atoms with Gasteiger partial charge in [-0.3, -0.25) is 9.59 Å². The molecule has 2 aliphatic rings. The molecule has 1 atom stereocenters. The molecule has 0 spiro atoms. The fourth-order valence-electron chi connectivity index (χ4n) is 4.66. The Morgan fingerprint density at radius 2 is 2.09 bits per heavy atom. The summed E-state index contributed by atoms with van der Waals surface area (Å²) in [6.45, 7) is 2.68. The molecule has 1 saturated carbocycles. The van der Waals surface area contributed by atoms with Crippen LogP contribution >= 0.6 is 0 Å². The first-order valence-corrected chi connectivity index (χ1v) is 11.3. The van der Waals surface area contributed by atoms with Gasteiger partial charge in [0.05, 0.1) is 28.5 Å². The molecule has 35 heavy (non-hydrogen) atoms. The lowest BCUT2D eigenvalue weighted by atomic mass is 10.0. The predicted molar refractivity (Wildman–Crippen MR) is 128 cm³/mol. The van der Waals surface area contributed by atoms with Crippen LogP contribution in [0.4, 0.5) is 10.2 Å². The van der Waals surface area contributed by atoms with Crippen LogP contribution in [0.2, 0.25) is 0 Å². The quantitative estimate of drug-likeness (QED) is 0.562. The molecular weight excluding hydrogens is 449 g/mol. The molecule has 0 unspecified atom stereocenters. The fraction of sp³-hybridized carbons (Fsp3) is 0.360. The van der Waals surface area contributed by atoms with Gasteiger partial charge in [-0.15, -0.1) is 6.42 Å². The van der Waals surface area contributed by atoms with Gasteiger partial charge in [0.25, 0.3) is 11.8 Å². The van der Waals surface area contributed by atoms with Crippen molar-refractivity contribution in [1.29, 1.82) is 0 Å². The summed E-state index contributed by atoms with van der Waals surface area (Å²) in [5.74, 6) is 6.53. The average molecular weight is 474 g/mol. The number of halogens is 1. The Hall–Kier alpha value is -4.31. The molecule has 10 heteroatoms. The Balaban J connectivity index is 1.55. The Kier molecular flexibility index (Phi) is 5.25. The molecule has 3 N–H and O–H groups in total. The van der Waals surface area contributed by atoms with Crippen LogP contribution in [0.15, 0.2) is 18.5 Å². The maximum atomic E-state index is 14.9. The molecule has 178 valence electrons. The summed E-state index contributed by atoms with van der Waals surface area (Å²) in [5, 5.41) is 7.55. The molecular formula is C25H24FN7O2. The highest BCUT2D eigenvalue weighted by molar-refractivity contribution is 6.00. The Labute approximate surface area is 201 Å². The van der Waals surface area contributed by atoms with Gasteiger partial charge in [0, 0.05) is 32.2 Å². The van der Waals surface area contributed by atoms with Crippen LogP contribution in [0.3, 0.4) is 0 Å². The number of carbonyl (C=O) groups excluding carboxylic acids is 2. The van der Waals surface area contributed by atoms with Crippen LogP contribution in [0.25, 0.3) is 11.0 Å². The second-order valence-corrected chi connectivity index (χ2v) is 9.17. The van der Waals surface area contributed by atoms with Crippen molar-refractivity contribution in [3.8, 4) is 24.2 Å². The summed E-state index contributed by atoms with van der Waals surface area (Å²) >= 11 is 0. The molecule has 3 heterocycles. The van der Waals surface area contributed by atoms with E-state index in [-0.39, 0.29) is 16.8 Å². The van der Waals surface area contributed by atoms with E-state index in [2.05, 4.69) is 33.2 Å². The minimum Gasteiger partial charge on any atom is -0.373 e. The first-order chi connectivity index (χ1) is 16.8. The number of rotatable bonds is 4. The number of nitrogens with two attached hydrogens (primary N) is 1. The average Bonchev–Trinajstić information content (AvgIpc) is 3.29. The number of terminal acetylenes is 1.